The van der Waals surface area contributed by atoms with Crippen LogP contribution in [0.25, 0.3) is 10.8 Å². The van der Waals surface area contributed by atoms with E-state index < -0.39 is 16.1 Å². The molecule has 7 nitrogen and oxygen atoms in total. The molecule has 1 atom stereocenters. The molecule has 31 heavy (non-hydrogen) atoms. The smallest absolute Gasteiger partial charge is 0.243 e. The van der Waals surface area contributed by atoms with Gasteiger partial charge in [0, 0.05) is 24.8 Å². The minimum atomic E-state index is -3.81. The maximum Gasteiger partial charge on any atom is 0.243 e. The third-order valence-corrected chi connectivity index (χ3v) is 7.21. The number of rotatable bonds is 5. The van der Waals surface area contributed by atoms with Crippen molar-refractivity contribution in [1.82, 2.24) is 4.31 Å². The van der Waals surface area contributed by atoms with Gasteiger partial charge in [0.2, 0.25) is 21.8 Å². The summed E-state index contributed by atoms with van der Waals surface area (Å²) in [6, 6.07) is 18.5. The van der Waals surface area contributed by atoms with Gasteiger partial charge in [0.05, 0.1) is 4.90 Å². The summed E-state index contributed by atoms with van der Waals surface area (Å²) >= 11 is 0. The van der Waals surface area contributed by atoms with Crippen LogP contribution < -0.4 is 10.6 Å². The predicted molar refractivity (Wildman–Crippen MR) is 120 cm³/mol. The molecular weight excluding hydrogens is 414 g/mol. The van der Waals surface area contributed by atoms with Crippen molar-refractivity contribution in [1.29, 1.82) is 0 Å². The number of sulfonamides is 1. The van der Waals surface area contributed by atoms with E-state index in [4.69, 9.17) is 0 Å². The van der Waals surface area contributed by atoms with Gasteiger partial charge in [0.25, 0.3) is 0 Å². The maximum atomic E-state index is 13.3. The van der Waals surface area contributed by atoms with Gasteiger partial charge in [-0.05, 0) is 60.0 Å². The molecule has 4 rings (SSSR count). The van der Waals surface area contributed by atoms with Crippen LogP contribution >= 0.6 is 0 Å². The summed E-state index contributed by atoms with van der Waals surface area (Å²) in [6.07, 6.45) is 1.08. The summed E-state index contributed by atoms with van der Waals surface area (Å²) in [4.78, 5) is 24.2. The van der Waals surface area contributed by atoms with Crippen molar-refractivity contribution >= 4 is 44.0 Å². The zero-order valence-corrected chi connectivity index (χ0v) is 17.9. The Morgan fingerprint density at radius 1 is 0.903 bits per heavy atom. The Morgan fingerprint density at radius 3 is 2.23 bits per heavy atom. The Balaban J connectivity index is 1.53. The van der Waals surface area contributed by atoms with Gasteiger partial charge < -0.3 is 10.6 Å². The first-order valence-electron chi connectivity index (χ1n) is 10.0. The van der Waals surface area contributed by atoms with Gasteiger partial charge in [-0.2, -0.15) is 4.31 Å². The summed E-state index contributed by atoms with van der Waals surface area (Å²) in [6.45, 7) is 1.72. The first-order valence-corrected chi connectivity index (χ1v) is 11.5. The molecule has 0 radical (unpaired) electrons. The molecular formula is C23H23N3O4S. The Kier molecular flexibility index (Phi) is 5.75. The van der Waals surface area contributed by atoms with Crippen LogP contribution in [-0.4, -0.2) is 37.1 Å². The molecule has 3 aromatic carbocycles. The summed E-state index contributed by atoms with van der Waals surface area (Å²) < 4.78 is 27.9. The molecule has 0 unspecified atom stereocenters. The van der Waals surface area contributed by atoms with Crippen molar-refractivity contribution in [2.75, 3.05) is 17.2 Å². The number of fused-ring (bicyclic) bond motifs is 1. The van der Waals surface area contributed by atoms with E-state index in [-0.39, 0.29) is 16.7 Å². The Bertz CT molecular complexity index is 1240. The van der Waals surface area contributed by atoms with Crippen LogP contribution in [0.5, 0.6) is 0 Å². The topological polar surface area (TPSA) is 95.6 Å². The van der Waals surface area contributed by atoms with E-state index in [1.54, 1.807) is 42.5 Å². The molecule has 8 heteroatoms. The van der Waals surface area contributed by atoms with Crippen LogP contribution in [0.4, 0.5) is 11.4 Å². The largest absolute Gasteiger partial charge is 0.326 e. The molecule has 1 aliphatic heterocycles. The number of nitrogens with one attached hydrogen (secondary N) is 2. The molecule has 1 fully saturated rings. The lowest BCUT2D eigenvalue weighted by Gasteiger charge is -2.23. The molecule has 2 N–H and O–H groups in total. The minimum Gasteiger partial charge on any atom is -0.326 e. The van der Waals surface area contributed by atoms with Crippen molar-refractivity contribution in [3.8, 4) is 0 Å². The Hall–Kier alpha value is -3.23. The average Bonchev–Trinajstić information content (AvgIpc) is 3.25. The van der Waals surface area contributed by atoms with Crippen molar-refractivity contribution in [2.45, 2.75) is 30.7 Å². The predicted octanol–water partition coefficient (Wildman–Crippen LogP) is 3.59. The van der Waals surface area contributed by atoms with Crippen LogP contribution in [0.2, 0.25) is 0 Å². The van der Waals surface area contributed by atoms with Gasteiger partial charge in [-0.25, -0.2) is 8.42 Å². The second-order valence-electron chi connectivity index (χ2n) is 7.53. The van der Waals surface area contributed by atoms with E-state index in [1.165, 1.54) is 11.2 Å². The van der Waals surface area contributed by atoms with Gasteiger partial charge in [-0.1, -0.05) is 30.3 Å². The first kappa shape index (κ1) is 21.0. The highest BCUT2D eigenvalue weighted by atomic mass is 32.2. The van der Waals surface area contributed by atoms with Gasteiger partial charge in [-0.15, -0.1) is 0 Å². The molecule has 1 aliphatic rings. The van der Waals surface area contributed by atoms with Gasteiger partial charge in [0.15, 0.2) is 0 Å². The quantitative estimate of drug-likeness (QED) is 0.638. The lowest BCUT2D eigenvalue weighted by Crippen LogP contribution is -2.43. The fraction of sp³-hybridized carbons (Fsp3) is 0.217. The van der Waals surface area contributed by atoms with Crippen molar-refractivity contribution in [2.24, 2.45) is 0 Å². The molecule has 0 spiro atoms. The zero-order chi connectivity index (χ0) is 22.0. The summed E-state index contributed by atoms with van der Waals surface area (Å²) in [5, 5.41) is 7.24. The maximum absolute atomic E-state index is 13.3. The Morgan fingerprint density at radius 2 is 1.55 bits per heavy atom. The molecule has 0 saturated carbocycles. The van der Waals surface area contributed by atoms with E-state index in [2.05, 4.69) is 10.6 Å². The van der Waals surface area contributed by atoms with Crippen LogP contribution in [0.15, 0.2) is 71.6 Å². The fourth-order valence-electron chi connectivity index (χ4n) is 3.82. The summed E-state index contributed by atoms with van der Waals surface area (Å²) in [5.41, 5.74) is 1.15. The molecule has 0 bridgehead atoms. The second kappa shape index (κ2) is 8.49. The third kappa shape index (κ3) is 4.45. The van der Waals surface area contributed by atoms with Crippen LogP contribution in [0.3, 0.4) is 0 Å². The molecule has 3 aromatic rings. The molecule has 2 amide bonds. The SMILES string of the molecule is CC(=O)Nc1ccc(NC(=O)[C@@H]2CCCN2S(=O)(=O)c2ccc3ccccc3c2)cc1. The second-order valence-corrected chi connectivity index (χ2v) is 9.42. The van der Waals surface area contributed by atoms with E-state index in [0.717, 1.165) is 10.8 Å². The monoisotopic (exact) mass is 437 g/mol. The van der Waals surface area contributed by atoms with Crippen molar-refractivity contribution < 1.29 is 18.0 Å². The lowest BCUT2D eigenvalue weighted by molar-refractivity contribution is -0.119. The number of amides is 2. The number of nitrogens with zero attached hydrogens (tertiary/aromatic N) is 1. The fourth-order valence-corrected chi connectivity index (χ4v) is 5.51. The van der Waals surface area contributed by atoms with Crippen LogP contribution in [-0.2, 0) is 19.6 Å². The zero-order valence-electron chi connectivity index (χ0n) is 17.0. The molecule has 1 saturated heterocycles. The Labute approximate surface area is 181 Å². The normalized spacial score (nSPS) is 16.9. The van der Waals surface area contributed by atoms with Crippen LogP contribution in [0, 0.1) is 0 Å². The van der Waals surface area contributed by atoms with E-state index in [0.29, 0.717) is 30.8 Å². The van der Waals surface area contributed by atoms with E-state index >= 15 is 0 Å². The highest BCUT2D eigenvalue weighted by Gasteiger charge is 2.39. The van der Waals surface area contributed by atoms with Crippen LogP contribution in [0.1, 0.15) is 19.8 Å². The lowest BCUT2D eigenvalue weighted by atomic mass is 10.1. The molecule has 160 valence electrons. The molecule has 0 aliphatic carbocycles. The van der Waals surface area contributed by atoms with E-state index in [1.807, 2.05) is 24.3 Å². The van der Waals surface area contributed by atoms with Gasteiger partial charge in [-0.3, -0.25) is 9.59 Å². The number of carbonyl (C=O) groups excluding carboxylic acids is 2. The van der Waals surface area contributed by atoms with Gasteiger partial charge >= 0.3 is 0 Å². The summed E-state index contributed by atoms with van der Waals surface area (Å²) in [5.74, 6) is -0.550. The number of benzene rings is 3. The standard InChI is InChI=1S/C23H23N3O4S/c1-16(27)24-19-9-11-20(12-10-19)25-23(28)22-7-4-14-26(22)31(29,30)21-13-8-17-5-2-3-6-18(17)15-21/h2-3,5-6,8-13,15,22H,4,7,14H2,1H3,(H,24,27)(H,25,28)/t22-/m0/s1. The minimum absolute atomic E-state index is 0.183. The number of anilines is 2. The summed E-state index contributed by atoms with van der Waals surface area (Å²) in [7, 11) is -3.81. The molecule has 1 heterocycles. The first-order chi connectivity index (χ1) is 14.8. The van der Waals surface area contributed by atoms with Gasteiger partial charge in [0.1, 0.15) is 6.04 Å². The number of carbonyl (C=O) groups is 2. The van der Waals surface area contributed by atoms with Crippen molar-refractivity contribution in [3.63, 3.8) is 0 Å². The van der Waals surface area contributed by atoms with E-state index in [9.17, 15) is 18.0 Å². The average molecular weight is 438 g/mol. The highest BCUT2D eigenvalue weighted by molar-refractivity contribution is 7.89. The highest BCUT2D eigenvalue weighted by Crippen LogP contribution is 2.29. The third-order valence-electron chi connectivity index (χ3n) is 5.31. The number of hydrogen-bond donors (Lipinski definition) is 2. The number of hydrogen-bond acceptors (Lipinski definition) is 4. The van der Waals surface area contributed by atoms with Crippen molar-refractivity contribution in [3.05, 3.63) is 66.7 Å². The molecule has 0 aromatic heterocycles.